The zero-order valence-corrected chi connectivity index (χ0v) is 18.3. The summed E-state index contributed by atoms with van der Waals surface area (Å²) in [6.45, 7) is 6.23. The molecule has 3 aromatic rings. The summed E-state index contributed by atoms with van der Waals surface area (Å²) in [5.74, 6) is 0.541. The molecule has 3 rings (SSSR count). The Labute approximate surface area is 184 Å². The molecule has 1 atom stereocenters. The van der Waals surface area contributed by atoms with Crippen LogP contribution in [0.5, 0.6) is 0 Å². The molecule has 0 saturated carbocycles. The minimum atomic E-state index is -0.298. The van der Waals surface area contributed by atoms with Gasteiger partial charge in [-0.1, -0.05) is 41.6 Å². The molecule has 1 amide bonds. The van der Waals surface area contributed by atoms with Crippen molar-refractivity contribution in [3.63, 3.8) is 0 Å². The maximum atomic E-state index is 13.2. The molecule has 0 aliphatic carbocycles. The van der Waals surface area contributed by atoms with E-state index >= 15 is 0 Å². The molecule has 8 heteroatoms. The number of benzene rings is 2. The SMILES string of the molecule is C=CCn1c(SCC(=O)N(C)[C@@H](C)c2ccc(F)cc2)nnc1-c1ccc(Cl)cc1. The molecule has 2 aromatic carbocycles. The van der Waals surface area contributed by atoms with Crippen molar-refractivity contribution in [1.29, 1.82) is 0 Å². The molecule has 5 nitrogen and oxygen atoms in total. The second kappa shape index (κ2) is 9.91. The fraction of sp³-hybridized carbons (Fsp3) is 0.227. The van der Waals surface area contributed by atoms with E-state index in [2.05, 4.69) is 16.8 Å². The zero-order chi connectivity index (χ0) is 21.7. The molecule has 0 aliphatic rings. The summed E-state index contributed by atoms with van der Waals surface area (Å²) in [5, 5.41) is 9.83. The van der Waals surface area contributed by atoms with Crippen LogP contribution in [-0.4, -0.2) is 38.4 Å². The van der Waals surface area contributed by atoms with Gasteiger partial charge in [0.2, 0.25) is 5.91 Å². The van der Waals surface area contributed by atoms with Crippen LogP contribution in [0.1, 0.15) is 18.5 Å². The maximum absolute atomic E-state index is 13.2. The van der Waals surface area contributed by atoms with E-state index in [1.807, 2.05) is 23.6 Å². The summed E-state index contributed by atoms with van der Waals surface area (Å²) in [6.07, 6.45) is 1.76. The summed E-state index contributed by atoms with van der Waals surface area (Å²) in [6, 6.07) is 13.4. The Balaban J connectivity index is 1.71. The van der Waals surface area contributed by atoms with Crippen LogP contribution in [0.3, 0.4) is 0 Å². The average Bonchev–Trinajstić information content (AvgIpc) is 3.15. The normalized spacial score (nSPS) is 11.9. The molecule has 30 heavy (non-hydrogen) atoms. The number of nitrogens with zero attached hydrogens (tertiary/aromatic N) is 4. The van der Waals surface area contributed by atoms with E-state index in [1.165, 1.54) is 23.9 Å². The van der Waals surface area contributed by atoms with E-state index in [9.17, 15) is 9.18 Å². The number of thioether (sulfide) groups is 1. The lowest BCUT2D eigenvalue weighted by Gasteiger charge is -2.25. The van der Waals surface area contributed by atoms with Gasteiger partial charge in [0.1, 0.15) is 5.82 Å². The number of hydrogen-bond donors (Lipinski definition) is 0. The van der Waals surface area contributed by atoms with Crippen molar-refractivity contribution in [2.75, 3.05) is 12.8 Å². The summed E-state index contributed by atoms with van der Waals surface area (Å²) >= 11 is 7.29. The first-order valence-electron chi connectivity index (χ1n) is 9.34. The van der Waals surface area contributed by atoms with Gasteiger partial charge in [-0.25, -0.2) is 4.39 Å². The molecule has 156 valence electrons. The highest BCUT2D eigenvalue weighted by Gasteiger charge is 2.20. The van der Waals surface area contributed by atoms with Gasteiger partial charge in [0.05, 0.1) is 11.8 Å². The van der Waals surface area contributed by atoms with Crippen LogP contribution in [-0.2, 0) is 11.3 Å². The molecule has 0 saturated heterocycles. The minimum absolute atomic E-state index is 0.0574. The van der Waals surface area contributed by atoms with E-state index in [0.717, 1.165) is 11.1 Å². The van der Waals surface area contributed by atoms with Gasteiger partial charge in [-0.3, -0.25) is 9.36 Å². The van der Waals surface area contributed by atoms with Gasteiger partial charge in [0, 0.05) is 24.2 Å². The van der Waals surface area contributed by atoms with Crippen molar-refractivity contribution in [3.05, 3.63) is 77.6 Å². The van der Waals surface area contributed by atoms with Crippen molar-refractivity contribution in [1.82, 2.24) is 19.7 Å². The van der Waals surface area contributed by atoms with Gasteiger partial charge in [0.15, 0.2) is 11.0 Å². The standard InChI is InChI=1S/C22H22ClFN4OS/c1-4-13-28-21(17-5-9-18(23)10-6-17)25-26-22(28)30-14-20(29)27(3)15(2)16-7-11-19(24)12-8-16/h4-12,15H,1,13-14H2,2-3H3/t15-/m0/s1. The summed E-state index contributed by atoms with van der Waals surface area (Å²) in [4.78, 5) is 14.4. The number of aromatic nitrogens is 3. The molecule has 0 fully saturated rings. The molecular formula is C22H22ClFN4OS. The molecule has 0 radical (unpaired) electrons. The Morgan fingerprint density at radius 1 is 1.23 bits per heavy atom. The first-order valence-corrected chi connectivity index (χ1v) is 10.7. The molecule has 0 bridgehead atoms. The topological polar surface area (TPSA) is 51.0 Å². The fourth-order valence-electron chi connectivity index (χ4n) is 2.91. The highest BCUT2D eigenvalue weighted by atomic mass is 35.5. The third-order valence-electron chi connectivity index (χ3n) is 4.78. The average molecular weight is 445 g/mol. The zero-order valence-electron chi connectivity index (χ0n) is 16.8. The molecule has 0 unspecified atom stereocenters. The highest BCUT2D eigenvalue weighted by molar-refractivity contribution is 7.99. The Morgan fingerprint density at radius 2 is 1.90 bits per heavy atom. The lowest BCUT2D eigenvalue weighted by molar-refractivity contribution is -0.128. The van der Waals surface area contributed by atoms with E-state index in [4.69, 9.17) is 11.6 Å². The number of rotatable bonds is 8. The van der Waals surface area contributed by atoms with E-state index in [-0.39, 0.29) is 23.5 Å². The minimum Gasteiger partial charge on any atom is -0.338 e. The quantitative estimate of drug-likeness (QED) is 0.352. The molecule has 1 aromatic heterocycles. The van der Waals surface area contributed by atoms with Crippen LogP contribution < -0.4 is 0 Å². The summed E-state index contributed by atoms with van der Waals surface area (Å²) in [7, 11) is 1.74. The molecule has 0 aliphatic heterocycles. The number of hydrogen-bond acceptors (Lipinski definition) is 4. The molecule has 0 N–H and O–H groups in total. The lowest BCUT2D eigenvalue weighted by atomic mass is 10.1. The number of amides is 1. The van der Waals surface area contributed by atoms with Gasteiger partial charge in [-0.05, 0) is 48.9 Å². The van der Waals surface area contributed by atoms with E-state index in [1.54, 1.807) is 42.3 Å². The van der Waals surface area contributed by atoms with Crippen molar-refractivity contribution in [3.8, 4) is 11.4 Å². The van der Waals surface area contributed by atoms with Crippen molar-refractivity contribution < 1.29 is 9.18 Å². The summed E-state index contributed by atoms with van der Waals surface area (Å²) < 4.78 is 15.1. The second-order valence-corrected chi connectivity index (χ2v) is 8.11. The van der Waals surface area contributed by atoms with Crippen molar-refractivity contribution in [2.45, 2.75) is 24.7 Å². The predicted molar refractivity (Wildman–Crippen MR) is 119 cm³/mol. The van der Waals surface area contributed by atoms with Crippen LogP contribution in [0.4, 0.5) is 4.39 Å². The van der Waals surface area contributed by atoms with Crippen LogP contribution in [0.15, 0.2) is 66.3 Å². The first-order chi connectivity index (χ1) is 14.4. The Morgan fingerprint density at radius 3 is 2.53 bits per heavy atom. The monoisotopic (exact) mass is 444 g/mol. The predicted octanol–water partition coefficient (Wildman–Crippen LogP) is 5.24. The van der Waals surface area contributed by atoms with E-state index in [0.29, 0.717) is 22.5 Å². The number of halogens is 2. The largest absolute Gasteiger partial charge is 0.338 e. The lowest BCUT2D eigenvalue weighted by Crippen LogP contribution is -2.31. The fourth-order valence-corrected chi connectivity index (χ4v) is 3.91. The second-order valence-electron chi connectivity index (χ2n) is 6.73. The van der Waals surface area contributed by atoms with Gasteiger partial charge in [-0.15, -0.1) is 16.8 Å². The van der Waals surface area contributed by atoms with Gasteiger partial charge in [0.25, 0.3) is 0 Å². The number of carbonyl (C=O) groups is 1. The van der Waals surface area contributed by atoms with Crippen molar-refractivity contribution >= 4 is 29.3 Å². The highest BCUT2D eigenvalue weighted by Crippen LogP contribution is 2.26. The maximum Gasteiger partial charge on any atom is 0.233 e. The van der Waals surface area contributed by atoms with Crippen LogP contribution in [0, 0.1) is 5.82 Å². The van der Waals surface area contributed by atoms with Gasteiger partial charge in [-0.2, -0.15) is 0 Å². The Hall–Kier alpha value is -2.64. The number of allylic oxidation sites excluding steroid dienone is 1. The van der Waals surface area contributed by atoms with Crippen molar-refractivity contribution in [2.24, 2.45) is 0 Å². The van der Waals surface area contributed by atoms with Gasteiger partial charge >= 0.3 is 0 Å². The van der Waals surface area contributed by atoms with Crippen LogP contribution >= 0.6 is 23.4 Å². The molecule has 0 spiro atoms. The molecule has 1 heterocycles. The Bertz CT molecular complexity index is 1020. The summed E-state index contributed by atoms with van der Waals surface area (Å²) in [5.41, 5.74) is 1.76. The third kappa shape index (κ3) is 5.09. The van der Waals surface area contributed by atoms with Crippen LogP contribution in [0.2, 0.25) is 5.02 Å². The molecular weight excluding hydrogens is 423 g/mol. The van der Waals surface area contributed by atoms with Gasteiger partial charge < -0.3 is 4.90 Å². The first kappa shape index (κ1) is 22.1. The van der Waals surface area contributed by atoms with Crippen LogP contribution in [0.25, 0.3) is 11.4 Å². The number of carbonyl (C=O) groups excluding carboxylic acids is 1. The van der Waals surface area contributed by atoms with E-state index < -0.39 is 0 Å². The smallest absolute Gasteiger partial charge is 0.233 e. The third-order valence-corrected chi connectivity index (χ3v) is 5.99. The Kier molecular flexibility index (Phi) is 7.29.